The van der Waals surface area contributed by atoms with Gasteiger partial charge in [0, 0.05) is 32.5 Å². The van der Waals surface area contributed by atoms with Gasteiger partial charge in [0.2, 0.25) is 0 Å². The summed E-state index contributed by atoms with van der Waals surface area (Å²) in [4.78, 5) is 19.0. The van der Waals surface area contributed by atoms with Gasteiger partial charge in [0.1, 0.15) is 0 Å². The lowest BCUT2D eigenvalue weighted by atomic mass is 10.1. The summed E-state index contributed by atoms with van der Waals surface area (Å²) in [6.45, 7) is 1.92. The standard InChI is InChI=1S/C26H21F3N2O3S/c1-15-24(13-17-12-22(33-2)23(34-3)14-21(17)30-15)35-20-9-7-19(8-10-20)31-25(32)16-5-4-6-18(11-16)26(27,28)29/h4-14H,1-3H3,(H,31,32). The summed E-state index contributed by atoms with van der Waals surface area (Å²) < 4.78 is 49.5. The van der Waals surface area contributed by atoms with Crippen molar-refractivity contribution >= 4 is 34.3 Å². The van der Waals surface area contributed by atoms with Crippen LogP contribution in [0.3, 0.4) is 0 Å². The normalized spacial score (nSPS) is 11.4. The van der Waals surface area contributed by atoms with Crippen molar-refractivity contribution in [2.45, 2.75) is 22.9 Å². The highest BCUT2D eigenvalue weighted by Gasteiger charge is 2.30. The smallest absolute Gasteiger partial charge is 0.416 e. The summed E-state index contributed by atoms with van der Waals surface area (Å²) in [6, 6.07) is 17.1. The molecule has 1 aromatic heterocycles. The van der Waals surface area contributed by atoms with Crippen molar-refractivity contribution in [3.63, 3.8) is 0 Å². The number of nitrogens with zero attached hydrogens (tertiary/aromatic N) is 1. The molecular weight excluding hydrogens is 477 g/mol. The molecule has 1 heterocycles. The van der Waals surface area contributed by atoms with Gasteiger partial charge in [-0.05, 0) is 61.5 Å². The van der Waals surface area contributed by atoms with Crippen molar-refractivity contribution in [2.24, 2.45) is 0 Å². The summed E-state index contributed by atoms with van der Waals surface area (Å²) in [7, 11) is 3.15. The van der Waals surface area contributed by atoms with E-state index in [2.05, 4.69) is 10.3 Å². The highest BCUT2D eigenvalue weighted by Crippen LogP contribution is 2.36. The lowest BCUT2D eigenvalue weighted by molar-refractivity contribution is -0.137. The third-order valence-corrected chi connectivity index (χ3v) is 6.40. The molecule has 35 heavy (non-hydrogen) atoms. The molecule has 180 valence electrons. The Morgan fingerprint density at radius 3 is 2.29 bits per heavy atom. The van der Waals surface area contributed by atoms with Crippen molar-refractivity contribution in [2.75, 3.05) is 19.5 Å². The van der Waals surface area contributed by atoms with Crippen LogP contribution in [0.15, 0.2) is 76.5 Å². The Bertz CT molecular complexity index is 1390. The molecular formula is C26H21F3N2O3S. The average Bonchev–Trinajstić information content (AvgIpc) is 2.84. The number of fused-ring (bicyclic) bond motifs is 1. The van der Waals surface area contributed by atoms with Gasteiger partial charge in [0.05, 0.1) is 31.0 Å². The van der Waals surface area contributed by atoms with Crippen molar-refractivity contribution in [3.05, 3.63) is 83.6 Å². The summed E-state index contributed by atoms with van der Waals surface area (Å²) in [5, 5.41) is 3.54. The first-order valence-corrected chi connectivity index (χ1v) is 11.3. The Kier molecular flexibility index (Phi) is 6.88. The van der Waals surface area contributed by atoms with Crippen LogP contribution in [0.25, 0.3) is 10.9 Å². The number of hydrogen-bond acceptors (Lipinski definition) is 5. The van der Waals surface area contributed by atoms with Gasteiger partial charge < -0.3 is 14.8 Å². The number of benzene rings is 3. The highest BCUT2D eigenvalue weighted by atomic mass is 32.2. The second-order valence-electron chi connectivity index (χ2n) is 7.63. The average molecular weight is 499 g/mol. The zero-order valence-corrected chi connectivity index (χ0v) is 19.9. The molecule has 0 spiro atoms. The summed E-state index contributed by atoms with van der Waals surface area (Å²) >= 11 is 1.51. The lowest BCUT2D eigenvalue weighted by Gasteiger charge is -2.12. The topological polar surface area (TPSA) is 60.5 Å². The highest BCUT2D eigenvalue weighted by molar-refractivity contribution is 7.99. The van der Waals surface area contributed by atoms with Crippen molar-refractivity contribution < 1.29 is 27.4 Å². The molecule has 0 fully saturated rings. The number of aryl methyl sites for hydroxylation is 1. The Labute approximate surface area is 204 Å². The van der Waals surface area contributed by atoms with Crippen LogP contribution in [0, 0.1) is 6.92 Å². The van der Waals surface area contributed by atoms with E-state index in [9.17, 15) is 18.0 Å². The first-order valence-electron chi connectivity index (χ1n) is 10.5. The number of halogens is 3. The van der Waals surface area contributed by atoms with Crippen LogP contribution >= 0.6 is 11.8 Å². The summed E-state index contributed by atoms with van der Waals surface area (Å²) in [5.74, 6) is 0.605. The number of nitrogens with one attached hydrogen (secondary N) is 1. The maximum atomic E-state index is 12.9. The van der Waals surface area contributed by atoms with E-state index >= 15 is 0 Å². The van der Waals surface area contributed by atoms with Crippen LogP contribution in [0.4, 0.5) is 18.9 Å². The number of rotatable bonds is 6. The molecule has 0 saturated carbocycles. The SMILES string of the molecule is COc1cc2cc(Sc3ccc(NC(=O)c4cccc(C(F)(F)F)c4)cc3)c(C)nc2cc1OC. The lowest BCUT2D eigenvalue weighted by Crippen LogP contribution is -2.13. The number of alkyl halides is 3. The second kappa shape index (κ2) is 9.87. The molecule has 5 nitrogen and oxygen atoms in total. The number of carbonyl (C=O) groups excluding carboxylic acids is 1. The molecule has 0 aliphatic heterocycles. The number of methoxy groups -OCH3 is 2. The minimum Gasteiger partial charge on any atom is -0.493 e. The number of hydrogen-bond donors (Lipinski definition) is 1. The fourth-order valence-electron chi connectivity index (χ4n) is 3.45. The van der Waals surface area contributed by atoms with Gasteiger partial charge in [0.25, 0.3) is 5.91 Å². The monoisotopic (exact) mass is 498 g/mol. The number of carbonyl (C=O) groups is 1. The summed E-state index contributed by atoms with van der Waals surface area (Å²) in [5.41, 5.74) is 1.17. The zero-order valence-electron chi connectivity index (χ0n) is 19.1. The molecule has 0 bridgehead atoms. The molecule has 4 aromatic rings. The van der Waals surface area contributed by atoms with Crippen molar-refractivity contribution in [1.29, 1.82) is 0 Å². The molecule has 0 aliphatic carbocycles. The van der Waals surface area contributed by atoms with Gasteiger partial charge in [-0.3, -0.25) is 9.78 Å². The minimum absolute atomic E-state index is 0.0665. The van der Waals surface area contributed by atoms with Crippen LogP contribution < -0.4 is 14.8 Å². The van der Waals surface area contributed by atoms with E-state index < -0.39 is 17.6 Å². The van der Waals surface area contributed by atoms with E-state index in [1.54, 1.807) is 26.4 Å². The Hall–Kier alpha value is -3.72. The van der Waals surface area contributed by atoms with Crippen LogP contribution in [0.2, 0.25) is 0 Å². The zero-order chi connectivity index (χ0) is 25.2. The second-order valence-corrected chi connectivity index (χ2v) is 8.75. The Morgan fingerprint density at radius 2 is 1.63 bits per heavy atom. The third-order valence-electron chi connectivity index (χ3n) is 5.26. The first kappa shape index (κ1) is 24.4. The van der Waals surface area contributed by atoms with Crippen LogP contribution in [0.1, 0.15) is 21.6 Å². The number of ether oxygens (including phenoxy) is 2. The molecule has 3 aromatic carbocycles. The molecule has 0 radical (unpaired) electrons. The Morgan fingerprint density at radius 1 is 0.943 bits per heavy atom. The molecule has 0 atom stereocenters. The molecule has 4 rings (SSSR count). The van der Waals surface area contributed by atoms with E-state index in [1.807, 2.05) is 37.3 Å². The predicted molar refractivity (Wildman–Crippen MR) is 130 cm³/mol. The fraction of sp³-hybridized carbons (Fsp3) is 0.154. The molecule has 0 unspecified atom stereocenters. The molecule has 0 aliphatic rings. The molecule has 9 heteroatoms. The molecule has 0 saturated heterocycles. The van der Waals surface area contributed by atoms with Crippen LogP contribution in [-0.4, -0.2) is 25.1 Å². The number of pyridine rings is 1. The Balaban J connectivity index is 1.50. The number of anilines is 1. The number of aromatic nitrogens is 1. The van der Waals surface area contributed by atoms with E-state index in [1.165, 1.54) is 23.9 Å². The fourth-order valence-corrected chi connectivity index (χ4v) is 4.36. The minimum atomic E-state index is -4.51. The van der Waals surface area contributed by atoms with Gasteiger partial charge in [0.15, 0.2) is 11.5 Å². The van der Waals surface area contributed by atoms with E-state index in [4.69, 9.17) is 9.47 Å². The third kappa shape index (κ3) is 5.51. The summed E-state index contributed by atoms with van der Waals surface area (Å²) in [6.07, 6.45) is -4.51. The van der Waals surface area contributed by atoms with E-state index in [-0.39, 0.29) is 5.56 Å². The van der Waals surface area contributed by atoms with Gasteiger partial charge in [-0.25, -0.2) is 0 Å². The predicted octanol–water partition coefficient (Wildman–Crippen LogP) is 6.98. The van der Waals surface area contributed by atoms with Crippen molar-refractivity contribution in [3.8, 4) is 11.5 Å². The van der Waals surface area contributed by atoms with Gasteiger partial charge in [-0.2, -0.15) is 13.2 Å². The van der Waals surface area contributed by atoms with E-state index in [0.29, 0.717) is 17.2 Å². The van der Waals surface area contributed by atoms with Gasteiger partial charge in [-0.1, -0.05) is 17.8 Å². The van der Waals surface area contributed by atoms with Crippen LogP contribution in [0.5, 0.6) is 11.5 Å². The molecule has 1 amide bonds. The largest absolute Gasteiger partial charge is 0.493 e. The molecule has 1 N–H and O–H groups in total. The first-order chi connectivity index (χ1) is 16.7. The van der Waals surface area contributed by atoms with Gasteiger partial charge in [-0.15, -0.1) is 0 Å². The van der Waals surface area contributed by atoms with E-state index in [0.717, 1.165) is 38.5 Å². The van der Waals surface area contributed by atoms with Gasteiger partial charge >= 0.3 is 6.18 Å². The van der Waals surface area contributed by atoms with Crippen molar-refractivity contribution in [1.82, 2.24) is 4.98 Å². The maximum Gasteiger partial charge on any atom is 0.416 e. The number of amides is 1. The van der Waals surface area contributed by atoms with Crippen LogP contribution in [-0.2, 0) is 6.18 Å². The maximum absolute atomic E-state index is 12.9. The quantitative estimate of drug-likeness (QED) is 0.311.